The van der Waals surface area contributed by atoms with Crippen molar-refractivity contribution in [3.05, 3.63) is 29.2 Å². The Morgan fingerprint density at radius 1 is 1.43 bits per heavy atom. The molecule has 2 rings (SSSR count). The van der Waals surface area contributed by atoms with Crippen molar-refractivity contribution in [3.63, 3.8) is 0 Å². The zero-order valence-electron chi connectivity index (χ0n) is 12.4. The van der Waals surface area contributed by atoms with Gasteiger partial charge in [-0.15, -0.1) is 0 Å². The van der Waals surface area contributed by atoms with Gasteiger partial charge in [0.15, 0.2) is 0 Å². The molecule has 2 aromatic heterocycles. The number of rotatable bonds is 5. The van der Waals surface area contributed by atoms with Gasteiger partial charge in [-0.1, -0.05) is 25.6 Å². The summed E-state index contributed by atoms with van der Waals surface area (Å²) in [5.41, 5.74) is 0.647. The topological polar surface area (TPSA) is 93.8 Å². The van der Waals surface area contributed by atoms with Gasteiger partial charge in [0, 0.05) is 13.0 Å². The van der Waals surface area contributed by atoms with Crippen LogP contribution in [0.2, 0.25) is 0 Å². The molecule has 0 unspecified atom stereocenters. The van der Waals surface area contributed by atoms with E-state index in [0.29, 0.717) is 22.3 Å². The van der Waals surface area contributed by atoms with Crippen LogP contribution in [0.4, 0.5) is 0 Å². The van der Waals surface area contributed by atoms with Crippen molar-refractivity contribution in [1.29, 1.82) is 0 Å². The largest absolute Gasteiger partial charge is 0.478 e. The maximum atomic E-state index is 11.4. The van der Waals surface area contributed by atoms with Crippen molar-refractivity contribution in [1.82, 2.24) is 24.7 Å². The van der Waals surface area contributed by atoms with Crippen LogP contribution < -0.4 is 0 Å². The third-order valence-corrected chi connectivity index (χ3v) is 3.92. The average Bonchev–Trinajstić information content (AvgIpc) is 2.80. The molecule has 0 atom stereocenters. The van der Waals surface area contributed by atoms with E-state index in [1.165, 1.54) is 18.1 Å². The Morgan fingerprint density at radius 2 is 2.14 bits per heavy atom. The molecule has 0 bridgehead atoms. The van der Waals surface area contributed by atoms with E-state index in [2.05, 4.69) is 20.1 Å². The first-order valence-corrected chi connectivity index (χ1v) is 7.46. The number of carboxylic acid groups (broad SMARTS) is 1. The second-order valence-corrected chi connectivity index (χ2v) is 5.86. The van der Waals surface area contributed by atoms with Crippen LogP contribution in [0.5, 0.6) is 0 Å². The van der Waals surface area contributed by atoms with E-state index in [1.54, 1.807) is 18.7 Å². The third kappa shape index (κ3) is 3.38. The van der Waals surface area contributed by atoms with Gasteiger partial charge >= 0.3 is 5.97 Å². The smallest absolute Gasteiger partial charge is 0.340 e. The zero-order valence-corrected chi connectivity index (χ0v) is 13.2. The highest BCUT2D eigenvalue weighted by atomic mass is 32.2. The van der Waals surface area contributed by atoms with E-state index in [9.17, 15) is 9.90 Å². The summed E-state index contributed by atoms with van der Waals surface area (Å²) in [6.45, 7) is 5.65. The molecule has 7 nitrogen and oxygen atoms in total. The van der Waals surface area contributed by atoms with Crippen LogP contribution in [-0.2, 0) is 12.8 Å². The number of aromatic nitrogens is 5. The average molecular weight is 307 g/mol. The minimum atomic E-state index is -1.01. The van der Waals surface area contributed by atoms with Crippen LogP contribution in [0.3, 0.4) is 0 Å². The number of aryl methyl sites for hydroxylation is 2. The van der Waals surface area contributed by atoms with Crippen molar-refractivity contribution < 1.29 is 9.90 Å². The highest BCUT2D eigenvalue weighted by Gasteiger charge is 2.20. The molecule has 0 fully saturated rings. The number of hydrogen-bond donors (Lipinski definition) is 1. The van der Waals surface area contributed by atoms with Gasteiger partial charge in [0.2, 0.25) is 0 Å². The van der Waals surface area contributed by atoms with Gasteiger partial charge in [0.25, 0.3) is 0 Å². The van der Waals surface area contributed by atoms with Crippen molar-refractivity contribution >= 4 is 17.7 Å². The van der Waals surface area contributed by atoms with Gasteiger partial charge in [-0.3, -0.25) is 4.68 Å². The van der Waals surface area contributed by atoms with Crippen LogP contribution in [0.25, 0.3) is 0 Å². The van der Waals surface area contributed by atoms with Gasteiger partial charge in [-0.25, -0.2) is 19.7 Å². The summed E-state index contributed by atoms with van der Waals surface area (Å²) in [6, 6.07) is 0. The number of carbonyl (C=O) groups is 1. The first-order chi connectivity index (χ1) is 9.90. The van der Waals surface area contributed by atoms with E-state index in [0.717, 1.165) is 5.82 Å². The van der Waals surface area contributed by atoms with Crippen molar-refractivity contribution in [2.24, 2.45) is 7.05 Å². The van der Waals surface area contributed by atoms with Crippen molar-refractivity contribution in [2.75, 3.05) is 0 Å². The Morgan fingerprint density at radius 3 is 2.67 bits per heavy atom. The fourth-order valence-electron chi connectivity index (χ4n) is 1.76. The molecular weight excluding hydrogens is 290 g/mol. The minimum Gasteiger partial charge on any atom is -0.478 e. The number of aromatic carboxylic acids is 1. The fraction of sp³-hybridized carbons (Fsp3) is 0.462. The molecule has 0 aliphatic heterocycles. The molecule has 1 N–H and O–H groups in total. The summed E-state index contributed by atoms with van der Waals surface area (Å²) in [5, 5.41) is 13.8. The molecule has 0 spiro atoms. The van der Waals surface area contributed by atoms with E-state index < -0.39 is 5.97 Å². The Bertz CT molecular complexity index is 669. The highest BCUT2D eigenvalue weighted by molar-refractivity contribution is 7.98. The lowest BCUT2D eigenvalue weighted by molar-refractivity contribution is 0.0690. The predicted octanol–water partition coefficient (Wildman–Crippen LogP) is 2.03. The van der Waals surface area contributed by atoms with Crippen molar-refractivity contribution in [2.45, 2.75) is 37.5 Å². The Labute approximate surface area is 126 Å². The lowest BCUT2D eigenvalue weighted by Gasteiger charge is -2.11. The molecule has 0 saturated heterocycles. The van der Waals surface area contributed by atoms with E-state index in [4.69, 9.17) is 0 Å². The lowest BCUT2D eigenvalue weighted by Crippen LogP contribution is -2.11. The molecular formula is C13H17N5O2S. The quantitative estimate of drug-likeness (QED) is 0.667. The fourth-order valence-corrected chi connectivity index (χ4v) is 2.82. The number of nitrogens with zero attached hydrogens (tertiary/aromatic N) is 5. The van der Waals surface area contributed by atoms with Gasteiger partial charge in [-0.2, -0.15) is 5.10 Å². The Kier molecular flexibility index (Phi) is 4.56. The lowest BCUT2D eigenvalue weighted by atomic mass is 10.2. The maximum Gasteiger partial charge on any atom is 0.340 e. The number of carboxylic acids is 1. The monoisotopic (exact) mass is 307 g/mol. The Hall–Kier alpha value is -1.96. The second kappa shape index (κ2) is 6.21. The number of thioether (sulfide) groups is 1. The van der Waals surface area contributed by atoms with Gasteiger partial charge in [0.05, 0.1) is 11.4 Å². The van der Waals surface area contributed by atoms with Gasteiger partial charge in [-0.05, 0) is 6.92 Å². The van der Waals surface area contributed by atoms with Crippen LogP contribution in [0.1, 0.15) is 47.5 Å². The normalized spacial score (nSPS) is 11.1. The summed E-state index contributed by atoms with van der Waals surface area (Å²) < 4.78 is 1.66. The van der Waals surface area contributed by atoms with Gasteiger partial charge in [0.1, 0.15) is 28.6 Å². The number of hydrogen-bond acceptors (Lipinski definition) is 6. The highest BCUT2D eigenvalue weighted by Crippen LogP contribution is 2.27. The molecule has 0 radical (unpaired) electrons. The van der Waals surface area contributed by atoms with Crippen molar-refractivity contribution in [3.8, 4) is 0 Å². The molecule has 112 valence electrons. The zero-order chi connectivity index (χ0) is 15.6. The standard InChI is InChI=1S/C13H17N5O2S/c1-7(2)11-16-8(3)10(13(19)20)12(17-11)21-5-9-14-6-15-18(9)4/h6-7H,5H2,1-4H3,(H,19,20). The minimum absolute atomic E-state index is 0.140. The summed E-state index contributed by atoms with van der Waals surface area (Å²) in [5.74, 6) is 1.05. The van der Waals surface area contributed by atoms with E-state index in [-0.39, 0.29) is 11.5 Å². The van der Waals surface area contributed by atoms with Crippen LogP contribution in [-0.4, -0.2) is 35.8 Å². The molecule has 0 amide bonds. The van der Waals surface area contributed by atoms with Crippen LogP contribution >= 0.6 is 11.8 Å². The summed E-state index contributed by atoms with van der Waals surface area (Å²) >= 11 is 1.34. The Balaban J connectivity index is 2.35. The first-order valence-electron chi connectivity index (χ1n) is 6.47. The van der Waals surface area contributed by atoms with Crippen LogP contribution in [0, 0.1) is 6.92 Å². The first kappa shape index (κ1) is 15.4. The summed E-state index contributed by atoms with van der Waals surface area (Å²) in [7, 11) is 1.80. The maximum absolute atomic E-state index is 11.4. The molecule has 8 heteroatoms. The molecule has 21 heavy (non-hydrogen) atoms. The molecule has 0 saturated carbocycles. The second-order valence-electron chi connectivity index (χ2n) is 4.90. The summed E-state index contributed by atoms with van der Waals surface area (Å²) in [4.78, 5) is 24.2. The third-order valence-electron chi connectivity index (χ3n) is 2.95. The van der Waals surface area contributed by atoms with E-state index >= 15 is 0 Å². The molecule has 2 heterocycles. The molecule has 0 aromatic carbocycles. The molecule has 2 aromatic rings. The molecule has 0 aliphatic rings. The van der Waals surface area contributed by atoms with E-state index in [1.807, 2.05) is 13.8 Å². The molecule has 0 aliphatic carbocycles. The van der Waals surface area contributed by atoms with Crippen LogP contribution in [0.15, 0.2) is 11.4 Å². The van der Waals surface area contributed by atoms with Gasteiger partial charge < -0.3 is 5.11 Å². The predicted molar refractivity (Wildman–Crippen MR) is 78.4 cm³/mol. The summed E-state index contributed by atoms with van der Waals surface area (Å²) in [6.07, 6.45) is 1.47. The SMILES string of the molecule is Cc1nc(C(C)C)nc(SCc2ncnn2C)c1C(=O)O.